The minimum Gasteiger partial charge on any atom is -0.468 e. The number of hydrogen-bond acceptors (Lipinski definition) is 3. The minimum absolute atomic E-state index is 0.818. The van der Waals surface area contributed by atoms with Crippen molar-refractivity contribution in [3.63, 3.8) is 0 Å². The van der Waals surface area contributed by atoms with Crippen molar-refractivity contribution in [3.8, 4) is 0 Å². The molecule has 0 bridgehead atoms. The quantitative estimate of drug-likeness (QED) is 0.762. The highest BCUT2D eigenvalue weighted by Gasteiger charge is 1.95. The first-order chi connectivity index (χ1) is 6.95. The molecule has 3 heteroatoms. The zero-order chi connectivity index (χ0) is 9.64. The molecule has 2 aromatic rings. The van der Waals surface area contributed by atoms with Gasteiger partial charge in [-0.05, 0) is 30.0 Å². The summed E-state index contributed by atoms with van der Waals surface area (Å²) in [6.07, 6.45) is 2.80. The summed E-state index contributed by atoms with van der Waals surface area (Å²) in [5.74, 6) is 0.996. The van der Waals surface area contributed by atoms with Gasteiger partial charge in [0.05, 0.1) is 12.8 Å². The first kappa shape index (κ1) is 9.49. The highest BCUT2D eigenvalue weighted by molar-refractivity contribution is 7.09. The van der Waals surface area contributed by atoms with E-state index in [0.717, 1.165) is 25.3 Å². The third-order valence-corrected chi connectivity index (χ3v) is 2.94. The summed E-state index contributed by atoms with van der Waals surface area (Å²) < 4.78 is 5.21. The van der Waals surface area contributed by atoms with Gasteiger partial charge in [-0.3, -0.25) is 0 Å². The fraction of sp³-hybridized carbons (Fsp3) is 0.273. The summed E-state index contributed by atoms with van der Waals surface area (Å²) >= 11 is 1.81. The van der Waals surface area contributed by atoms with Crippen molar-refractivity contribution in [2.24, 2.45) is 0 Å². The van der Waals surface area contributed by atoms with Crippen molar-refractivity contribution in [2.75, 3.05) is 6.54 Å². The maximum atomic E-state index is 5.21. The summed E-state index contributed by atoms with van der Waals surface area (Å²) in [5, 5.41) is 5.45. The second kappa shape index (κ2) is 4.98. The van der Waals surface area contributed by atoms with E-state index in [4.69, 9.17) is 4.42 Å². The van der Waals surface area contributed by atoms with Gasteiger partial charge in [-0.15, -0.1) is 11.3 Å². The maximum absolute atomic E-state index is 5.21. The van der Waals surface area contributed by atoms with E-state index >= 15 is 0 Å². The summed E-state index contributed by atoms with van der Waals surface area (Å²) in [7, 11) is 0. The molecule has 0 aliphatic heterocycles. The van der Waals surface area contributed by atoms with E-state index in [2.05, 4.69) is 22.8 Å². The van der Waals surface area contributed by atoms with E-state index < -0.39 is 0 Å². The van der Waals surface area contributed by atoms with E-state index in [9.17, 15) is 0 Å². The van der Waals surface area contributed by atoms with Gasteiger partial charge in [0.2, 0.25) is 0 Å². The van der Waals surface area contributed by atoms with Crippen LogP contribution in [0, 0.1) is 0 Å². The van der Waals surface area contributed by atoms with Gasteiger partial charge in [-0.25, -0.2) is 0 Å². The summed E-state index contributed by atoms with van der Waals surface area (Å²) in [6.45, 7) is 1.82. The lowest BCUT2D eigenvalue weighted by Crippen LogP contribution is -2.15. The van der Waals surface area contributed by atoms with Gasteiger partial charge in [0.1, 0.15) is 5.76 Å². The third-order valence-electron chi connectivity index (χ3n) is 2.01. The average Bonchev–Trinajstić information content (AvgIpc) is 2.86. The van der Waals surface area contributed by atoms with Crippen LogP contribution in [0.4, 0.5) is 0 Å². The number of rotatable bonds is 5. The van der Waals surface area contributed by atoms with E-state index in [0.29, 0.717) is 0 Å². The summed E-state index contributed by atoms with van der Waals surface area (Å²) in [6, 6.07) is 8.15. The molecule has 0 unspecified atom stereocenters. The third kappa shape index (κ3) is 2.72. The van der Waals surface area contributed by atoms with Crippen LogP contribution in [0.2, 0.25) is 0 Å². The normalized spacial score (nSPS) is 10.6. The molecule has 74 valence electrons. The van der Waals surface area contributed by atoms with Crippen molar-refractivity contribution in [1.29, 1.82) is 0 Å². The zero-order valence-corrected chi connectivity index (χ0v) is 8.72. The van der Waals surface area contributed by atoms with Gasteiger partial charge in [-0.1, -0.05) is 6.07 Å². The molecule has 0 fully saturated rings. The molecule has 2 nitrogen and oxygen atoms in total. The maximum Gasteiger partial charge on any atom is 0.117 e. The zero-order valence-electron chi connectivity index (χ0n) is 7.90. The van der Waals surface area contributed by atoms with E-state index in [1.54, 1.807) is 6.26 Å². The molecule has 2 heterocycles. The van der Waals surface area contributed by atoms with Crippen LogP contribution >= 0.6 is 11.3 Å². The Bertz CT molecular complexity index is 303. The highest BCUT2D eigenvalue weighted by Crippen LogP contribution is 2.08. The van der Waals surface area contributed by atoms with Crippen LogP contribution in [0.3, 0.4) is 0 Å². The molecule has 0 aliphatic carbocycles. The molecule has 0 spiro atoms. The van der Waals surface area contributed by atoms with Crippen molar-refractivity contribution in [1.82, 2.24) is 5.32 Å². The fourth-order valence-corrected chi connectivity index (χ4v) is 2.00. The Morgan fingerprint density at radius 1 is 1.29 bits per heavy atom. The topological polar surface area (TPSA) is 25.2 Å². The lowest BCUT2D eigenvalue weighted by atomic mass is 10.3. The molecule has 2 aromatic heterocycles. The predicted molar refractivity (Wildman–Crippen MR) is 58.4 cm³/mol. The Morgan fingerprint density at radius 3 is 3.00 bits per heavy atom. The summed E-state index contributed by atoms with van der Waals surface area (Å²) in [4.78, 5) is 1.43. The van der Waals surface area contributed by atoms with Gasteiger partial charge < -0.3 is 9.73 Å². The van der Waals surface area contributed by atoms with Crippen molar-refractivity contribution in [2.45, 2.75) is 13.0 Å². The average molecular weight is 207 g/mol. The molecule has 0 atom stereocenters. The largest absolute Gasteiger partial charge is 0.468 e. The number of furan rings is 1. The van der Waals surface area contributed by atoms with Crippen LogP contribution in [-0.2, 0) is 13.0 Å². The fourth-order valence-electron chi connectivity index (χ4n) is 1.29. The number of hydrogen-bond donors (Lipinski definition) is 1. The molecule has 0 radical (unpaired) electrons. The second-order valence-electron chi connectivity index (χ2n) is 3.09. The second-order valence-corrected chi connectivity index (χ2v) is 4.12. The molecular formula is C11H13NOS. The van der Waals surface area contributed by atoms with Crippen LogP contribution < -0.4 is 5.32 Å². The van der Waals surface area contributed by atoms with Crippen LogP contribution in [-0.4, -0.2) is 6.54 Å². The van der Waals surface area contributed by atoms with Crippen LogP contribution in [0.1, 0.15) is 10.6 Å². The SMILES string of the molecule is c1coc(CNCCc2cccs2)c1. The Morgan fingerprint density at radius 2 is 2.29 bits per heavy atom. The Kier molecular flexibility index (Phi) is 3.38. The van der Waals surface area contributed by atoms with Crippen LogP contribution in [0.5, 0.6) is 0 Å². The van der Waals surface area contributed by atoms with Gasteiger partial charge >= 0.3 is 0 Å². The minimum atomic E-state index is 0.818. The summed E-state index contributed by atoms with van der Waals surface area (Å²) in [5.41, 5.74) is 0. The molecule has 0 saturated heterocycles. The molecule has 1 N–H and O–H groups in total. The van der Waals surface area contributed by atoms with Crippen molar-refractivity contribution >= 4 is 11.3 Å². The first-order valence-corrected chi connectivity index (χ1v) is 5.58. The standard InChI is InChI=1S/C11H13NOS/c1-3-10(13-7-1)9-12-6-5-11-4-2-8-14-11/h1-4,7-8,12H,5-6,9H2. The molecule has 0 aromatic carbocycles. The number of nitrogens with one attached hydrogen (secondary N) is 1. The van der Waals surface area contributed by atoms with E-state index in [-0.39, 0.29) is 0 Å². The smallest absolute Gasteiger partial charge is 0.117 e. The van der Waals surface area contributed by atoms with Crippen molar-refractivity contribution in [3.05, 3.63) is 46.5 Å². The first-order valence-electron chi connectivity index (χ1n) is 4.70. The number of thiophene rings is 1. The van der Waals surface area contributed by atoms with E-state index in [1.807, 2.05) is 23.5 Å². The molecule has 14 heavy (non-hydrogen) atoms. The lowest BCUT2D eigenvalue weighted by Gasteiger charge is -2.00. The molecule has 0 amide bonds. The molecular weight excluding hydrogens is 194 g/mol. The molecule has 0 aliphatic rings. The van der Waals surface area contributed by atoms with Gasteiger partial charge in [0.25, 0.3) is 0 Å². The van der Waals surface area contributed by atoms with Gasteiger partial charge in [-0.2, -0.15) is 0 Å². The Hall–Kier alpha value is -1.06. The Labute approximate surface area is 87.6 Å². The molecule has 2 rings (SSSR count). The highest BCUT2D eigenvalue weighted by atomic mass is 32.1. The van der Waals surface area contributed by atoms with Gasteiger partial charge in [0, 0.05) is 11.4 Å². The van der Waals surface area contributed by atoms with E-state index in [1.165, 1.54) is 4.88 Å². The van der Waals surface area contributed by atoms with Crippen molar-refractivity contribution < 1.29 is 4.42 Å². The van der Waals surface area contributed by atoms with Crippen LogP contribution in [0.25, 0.3) is 0 Å². The predicted octanol–water partition coefficient (Wildman–Crippen LogP) is 2.67. The Balaban J connectivity index is 1.65. The monoisotopic (exact) mass is 207 g/mol. The van der Waals surface area contributed by atoms with Gasteiger partial charge in [0.15, 0.2) is 0 Å². The van der Waals surface area contributed by atoms with Crippen LogP contribution in [0.15, 0.2) is 40.3 Å². The molecule has 0 saturated carbocycles. The lowest BCUT2D eigenvalue weighted by molar-refractivity contribution is 0.484.